The lowest BCUT2D eigenvalue weighted by atomic mass is 10.1. The molecule has 0 aliphatic carbocycles. The van der Waals surface area contributed by atoms with E-state index in [0.29, 0.717) is 6.04 Å². The lowest BCUT2D eigenvalue weighted by Gasteiger charge is -2.14. The van der Waals surface area contributed by atoms with Crippen LogP contribution in [0.5, 0.6) is 0 Å². The van der Waals surface area contributed by atoms with Crippen molar-refractivity contribution in [2.75, 3.05) is 6.54 Å². The van der Waals surface area contributed by atoms with Crippen LogP contribution in [-0.4, -0.2) is 16.3 Å². The average molecular weight is 289 g/mol. The number of nitrogens with one attached hydrogen (secondary N) is 1. The predicted molar refractivity (Wildman–Crippen MR) is 85.9 cm³/mol. The number of aromatic nitrogens is 2. The van der Waals surface area contributed by atoms with Gasteiger partial charge in [0.2, 0.25) is 0 Å². The summed E-state index contributed by atoms with van der Waals surface area (Å²) in [6.07, 6.45) is 5.17. The van der Waals surface area contributed by atoms with Gasteiger partial charge in [-0.05, 0) is 37.6 Å². The van der Waals surface area contributed by atoms with Crippen molar-refractivity contribution in [3.63, 3.8) is 0 Å². The SMILES string of the molecule is CCCNC(C)c1cccc(SCc2cnn(C)c2)c1. The molecule has 0 fully saturated rings. The van der Waals surface area contributed by atoms with E-state index in [1.165, 1.54) is 22.4 Å². The lowest BCUT2D eigenvalue weighted by molar-refractivity contribution is 0.570. The Morgan fingerprint density at radius 3 is 2.95 bits per heavy atom. The summed E-state index contributed by atoms with van der Waals surface area (Å²) < 4.78 is 1.85. The van der Waals surface area contributed by atoms with Gasteiger partial charge in [0.05, 0.1) is 6.20 Å². The summed E-state index contributed by atoms with van der Waals surface area (Å²) in [5.74, 6) is 0.966. The molecule has 2 rings (SSSR count). The fraction of sp³-hybridized carbons (Fsp3) is 0.438. The fourth-order valence-corrected chi connectivity index (χ4v) is 2.94. The van der Waals surface area contributed by atoms with Crippen LogP contribution in [0.4, 0.5) is 0 Å². The Hall–Kier alpha value is -1.26. The second-order valence-corrected chi connectivity index (χ2v) is 6.11. The number of rotatable bonds is 7. The van der Waals surface area contributed by atoms with Crippen LogP contribution < -0.4 is 5.32 Å². The van der Waals surface area contributed by atoms with Gasteiger partial charge in [0.25, 0.3) is 0 Å². The first-order valence-corrected chi connectivity index (χ1v) is 8.11. The van der Waals surface area contributed by atoms with E-state index in [1.54, 1.807) is 0 Å². The molecule has 0 spiro atoms. The summed E-state index contributed by atoms with van der Waals surface area (Å²) in [5.41, 5.74) is 2.62. The molecule has 0 amide bonds. The maximum atomic E-state index is 4.20. The van der Waals surface area contributed by atoms with Gasteiger partial charge in [-0.1, -0.05) is 19.1 Å². The summed E-state index contributed by atoms with van der Waals surface area (Å²) in [6.45, 7) is 5.48. The van der Waals surface area contributed by atoms with Crippen molar-refractivity contribution in [3.8, 4) is 0 Å². The van der Waals surface area contributed by atoms with Gasteiger partial charge < -0.3 is 5.32 Å². The highest BCUT2D eigenvalue weighted by atomic mass is 32.2. The fourth-order valence-electron chi connectivity index (χ4n) is 2.07. The minimum absolute atomic E-state index is 0.411. The third-order valence-corrected chi connectivity index (χ3v) is 4.29. The van der Waals surface area contributed by atoms with Gasteiger partial charge >= 0.3 is 0 Å². The Morgan fingerprint density at radius 2 is 2.25 bits per heavy atom. The number of benzene rings is 1. The second-order valence-electron chi connectivity index (χ2n) is 5.06. The van der Waals surface area contributed by atoms with Gasteiger partial charge in [-0.2, -0.15) is 5.10 Å². The van der Waals surface area contributed by atoms with Crippen molar-refractivity contribution in [2.24, 2.45) is 7.05 Å². The molecule has 0 saturated heterocycles. The highest BCUT2D eigenvalue weighted by Gasteiger charge is 2.05. The molecule has 0 aliphatic rings. The molecule has 20 heavy (non-hydrogen) atoms. The summed E-state index contributed by atoms with van der Waals surface area (Å²) >= 11 is 1.86. The zero-order valence-electron chi connectivity index (χ0n) is 12.5. The molecule has 0 bridgehead atoms. The topological polar surface area (TPSA) is 29.9 Å². The van der Waals surface area contributed by atoms with Crippen molar-refractivity contribution in [1.82, 2.24) is 15.1 Å². The van der Waals surface area contributed by atoms with Crippen molar-refractivity contribution in [2.45, 2.75) is 37.0 Å². The molecule has 1 aromatic heterocycles. The van der Waals surface area contributed by atoms with E-state index in [2.05, 4.69) is 54.7 Å². The van der Waals surface area contributed by atoms with Crippen molar-refractivity contribution in [1.29, 1.82) is 0 Å². The van der Waals surface area contributed by atoms with Crippen molar-refractivity contribution in [3.05, 3.63) is 47.8 Å². The quantitative estimate of drug-likeness (QED) is 0.787. The zero-order chi connectivity index (χ0) is 14.4. The van der Waals surface area contributed by atoms with Gasteiger partial charge in [0.1, 0.15) is 0 Å². The average Bonchev–Trinajstić information content (AvgIpc) is 2.88. The van der Waals surface area contributed by atoms with E-state index >= 15 is 0 Å². The molecule has 4 heteroatoms. The third kappa shape index (κ3) is 4.39. The predicted octanol–water partition coefficient (Wildman–Crippen LogP) is 3.77. The first kappa shape index (κ1) is 15.1. The molecule has 1 heterocycles. The van der Waals surface area contributed by atoms with Crippen LogP contribution in [0.25, 0.3) is 0 Å². The van der Waals surface area contributed by atoms with E-state index in [1.807, 2.05) is 29.7 Å². The maximum Gasteiger partial charge on any atom is 0.0530 e. The van der Waals surface area contributed by atoms with Gasteiger partial charge in [-0.3, -0.25) is 4.68 Å². The number of hydrogen-bond donors (Lipinski definition) is 1. The van der Waals surface area contributed by atoms with Crippen molar-refractivity contribution < 1.29 is 0 Å². The number of aryl methyl sites for hydroxylation is 1. The van der Waals surface area contributed by atoms with Crippen LogP contribution >= 0.6 is 11.8 Å². The van der Waals surface area contributed by atoms with E-state index in [9.17, 15) is 0 Å². The second kappa shape index (κ2) is 7.50. The summed E-state index contributed by atoms with van der Waals surface area (Å²) in [4.78, 5) is 1.32. The minimum atomic E-state index is 0.411. The molecule has 0 aliphatic heterocycles. The number of hydrogen-bond acceptors (Lipinski definition) is 3. The normalized spacial score (nSPS) is 12.6. The van der Waals surface area contributed by atoms with Gasteiger partial charge in [0.15, 0.2) is 0 Å². The van der Waals surface area contributed by atoms with Crippen LogP contribution in [0.2, 0.25) is 0 Å². The van der Waals surface area contributed by atoms with E-state index in [4.69, 9.17) is 0 Å². The molecular formula is C16H23N3S. The van der Waals surface area contributed by atoms with Crippen LogP contribution in [0.1, 0.15) is 37.4 Å². The molecule has 3 nitrogen and oxygen atoms in total. The monoisotopic (exact) mass is 289 g/mol. The molecule has 1 N–H and O–H groups in total. The van der Waals surface area contributed by atoms with E-state index < -0.39 is 0 Å². The Bertz CT molecular complexity index is 536. The van der Waals surface area contributed by atoms with Gasteiger partial charge in [0, 0.05) is 35.5 Å². The summed E-state index contributed by atoms with van der Waals surface area (Å²) in [7, 11) is 1.95. The van der Waals surface area contributed by atoms with E-state index in [0.717, 1.165) is 12.3 Å². The first-order chi connectivity index (χ1) is 9.69. The third-order valence-electron chi connectivity index (χ3n) is 3.22. The van der Waals surface area contributed by atoms with Crippen LogP contribution in [0.3, 0.4) is 0 Å². The summed E-state index contributed by atoms with van der Waals surface area (Å²) in [6, 6.07) is 9.21. The lowest BCUT2D eigenvalue weighted by Crippen LogP contribution is -2.19. The maximum absolute atomic E-state index is 4.20. The minimum Gasteiger partial charge on any atom is -0.310 e. The van der Waals surface area contributed by atoms with Gasteiger partial charge in [-0.15, -0.1) is 11.8 Å². The molecule has 1 atom stereocenters. The molecule has 108 valence electrons. The largest absolute Gasteiger partial charge is 0.310 e. The van der Waals surface area contributed by atoms with Crippen molar-refractivity contribution >= 4 is 11.8 Å². The highest BCUT2D eigenvalue weighted by molar-refractivity contribution is 7.98. The molecule has 0 radical (unpaired) electrons. The molecule has 1 aromatic carbocycles. The Balaban J connectivity index is 1.95. The Kier molecular flexibility index (Phi) is 5.68. The molecule has 0 saturated carbocycles. The Morgan fingerprint density at radius 1 is 1.40 bits per heavy atom. The van der Waals surface area contributed by atoms with E-state index in [-0.39, 0.29) is 0 Å². The van der Waals surface area contributed by atoms with Crippen LogP contribution in [-0.2, 0) is 12.8 Å². The van der Waals surface area contributed by atoms with Gasteiger partial charge in [-0.25, -0.2) is 0 Å². The first-order valence-electron chi connectivity index (χ1n) is 7.12. The number of thioether (sulfide) groups is 1. The Labute approximate surface area is 125 Å². The highest BCUT2D eigenvalue weighted by Crippen LogP contribution is 2.25. The zero-order valence-corrected chi connectivity index (χ0v) is 13.3. The molecule has 2 aromatic rings. The smallest absolute Gasteiger partial charge is 0.0530 e. The molecular weight excluding hydrogens is 266 g/mol. The number of nitrogens with zero attached hydrogens (tertiary/aromatic N) is 2. The van der Waals surface area contributed by atoms with Crippen LogP contribution in [0.15, 0.2) is 41.6 Å². The standard InChI is InChI=1S/C16H23N3S/c1-4-8-17-13(2)15-6-5-7-16(9-15)20-12-14-10-18-19(3)11-14/h5-7,9-11,13,17H,4,8,12H2,1-3H3. The molecule has 1 unspecified atom stereocenters. The van der Waals surface area contributed by atoms with Crippen LogP contribution in [0, 0.1) is 0 Å². The summed E-state index contributed by atoms with van der Waals surface area (Å²) in [5, 5.41) is 7.73.